The number of benzene rings is 1. The van der Waals surface area contributed by atoms with Crippen LogP contribution in [0.25, 0.3) is 0 Å². The summed E-state index contributed by atoms with van der Waals surface area (Å²) in [6, 6.07) is 7.43. The zero-order valence-electron chi connectivity index (χ0n) is 19.7. The molecule has 2 unspecified atom stereocenters. The Kier molecular flexibility index (Phi) is 6.98. The van der Waals surface area contributed by atoms with Gasteiger partial charge in [0.05, 0.1) is 10.5 Å². The van der Waals surface area contributed by atoms with Gasteiger partial charge in [0.15, 0.2) is 15.4 Å². The topological polar surface area (TPSA) is 88.6 Å². The molecule has 0 aliphatic carbocycles. The van der Waals surface area contributed by atoms with E-state index in [1.807, 2.05) is 0 Å². The summed E-state index contributed by atoms with van der Waals surface area (Å²) < 4.78 is 56.0. The van der Waals surface area contributed by atoms with Crippen LogP contribution >= 0.6 is 11.6 Å². The Morgan fingerprint density at radius 1 is 1.20 bits per heavy atom. The molecular formula is C24H28ClF2N3O4S. The van der Waals surface area contributed by atoms with Crippen molar-refractivity contribution < 1.29 is 26.7 Å². The molecule has 11 heteroatoms. The van der Waals surface area contributed by atoms with Crippen LogP contribution in [0.15, 0.2) is 41.4 Å². The van der Waals surface area contributed by atoms with Crippen LogP contribution in [0, 0.1) is 0 Å². The van der Waals surface area contributed by atoms with Crippen molar-refractivity contribution in [3.05, 3.63) is 47.1 Å². The first-order chi connectivity index (χ1) is 16.3. The number of aromatic nitrogens is 1. The van der Waals surface area contributed by atoms with Crippen molar-refractivity contribution in [3.8, 4) is 5.75 Å². The minimum absolute atomic E-state index is 0.0805. The van der Waals surface area contributed by atoms with E-state index in [9.17, 15) is 22.0 Å². The van der Waals surface area contributed by atoms with Crippen LogP contribution in [0.1, 0.15) is 51.5 Å². The standard InChI is InChI=1S/C24H28ClF2N3O4S/c1-24(2,34-20-8-4-14(25)10-19(20)22(26)27)23(31)29-15-11-16-5-6-17(12-15)30(16)21-9-7-18(13-28-21)35(3,32)33/h4,7-10,13,15-17,22H,5-6,11-12H2,1-3H3,(H,29,31). The third kappa shape index (κ3) is 5.53. The Hall–Kier alpha value is -2.46. The number of rotatable bonds is 7. The summed E-state index contributed by atoms with van der Waals surface area (Å²) in [7, 11) is -3.32. The van der Waals surface area contributed by atoms with Crippen LogP contribution in [-0.2, 0) is 14.6 Å². The lowest BCUT2D eigenvalue weighted by Crippen LogP contribution is -2.55. The number of alkyl halides is 2. The average Bonchev–Trinajstić information content (AvgIpc) is 3.04. The minimum Gasteiger partial charge on any atom is -0.478 e. The molecule has 3 heterocycles. The number of piperidine rings is 1. The number of anilines is 1. The van der Waals surface area contributed by atoms with Gasteiger partial charge in [-0.1, -0.05) is 11.6 Å². The lowest BCUT2D eigenvalue weighted by molar-refractivity contribution is -0.135. The quantitative estimate of drug-likeness (QED) is 0.568. The highest BCUT2D eigenvalue weighted by Crippen LogP contribution is 2.39. The zero-order chi connectivity index (χ0) is 25.5. The molecule has 2 aliphatic rings. The van der Waals surface area contributed by atoms with Gasteiger partial charge in [-0.05, 0) is 69.9 Å². The van der Waals surface area contributed by atoms with Gasteiger partial charge in [0.2, 0.25) is 0 Å². The van der Waals surface area contributed by atoms with E-state index in [-0.39, 0.29) is 45.3 Å². The van der Waals surface area contributed by atoms with Crippen molar-refractivity contribution in [1.82, 2.24) is 10.3 Å². The monoisotopic (exact) mass is 527 g/mol. The fraction of sp³-hybridized carbons (Fsp3) is 0.500. The Bertz CT molecular complexity index is 1190. The Labute approximate surface area is 208 Å². The van der Waals surface area contributed by atoms with Crippen molar-refractivity contribution in [3.63, 3.8) is 0 Å². The molecule has 190 valence electrons. The summed E-state index contributed by atoms with van der Waals surface area (Å²) in [5.74, 6) is 0.254. The number of fused-ring (bicyclic) bond motifs is 2. The molecule has 2 bridgehead atoms. The molecule has 0 saturated carbocycles. The molecular weight excluding hydrogens is 500 g/mol. The second-order valence-corrected chi connectivity index (χ2v) is 12.1. The largest absolute Gasteiger partial charge is 0.478 e. The maximum Gasteiger partial charge on any atom is 0.267 e. The van der Waals surface area contributed by atoms with E-state index in [2.05, 4.69) is 15.2 Å². The molecule has 1 N–H and O–H groups in total. The number of sulfone groups is 1. The van der Waals surface area contributed by atoms with Gasteiger partial charge in [0.1, 0.15) is 11.6 Å². The first kappa shape index (κ1) is 25.6. The van der Waals surface area contributed by atoms with Crippen molar-refractivity contribution >= 4 is 33.2 Å². The first-order valence-electron chi connectivity index (χ1n) is 11.4. The van der Waals surface area contributed by atoms with Gasteiger partial charge in [-0.15, -0.1) is 0 Å². The maximum absolute atomic E-state index is 13.4. The van der Waals surface area contributed by atoms with E-state index in [4.69, 9.17) is 16.3 Å². The highest BCUT2D eigenvalue weighted by molar-refractivity contribution is 7.90. The third-order valence-electron chi connectivity index (χ3n) is 6.60. The highest BCUT2D eigenvalue weighted by atomic mass is 35.5. The van der Waals surface area contributed by atoms with E-state index in [1.165, 1.54) is 18.3 Å². The highest BCUT2D eigenvalue weighted by Gasteiger charge is 2.43. The number of nitrogens with one attached hydrogen (secondary N) is 1. The molecule has 4 rings (SSSR count). The Balaban J connectivity index is 1.42. The van der Waals surface area contributed by atoms with Gasteiger partial charge in [0, 0.05) is 35.6 Å². The van der Waals surface area contributed by atoms with Crippen molar-refractivity contribution in [2.24, 2.45) is 0 Å². The van der Waals surface area contributed by atoms with Gasteiger partial charge in [-0.3, -0.25) is 4.79 Å². The van der Waals surface area contributed by atoms with Crippen LogP contribution in [0.3, 0.4) is 0 Å². The SMILES string of the molecule is CC(C)(Oc1ccc(Cl)cc1C(F)F)C(=O)NC1CC2CCC(C1)N2c1ccc(S(C)(=O)=O)cn1. The molecule has 1 amide bonds. The molecule has 7 nitrogen and oxygen atoms in total. The number of nitrogens with zero attached hydrogens (tertiary/aromatic N) is 2. The Morgan fingerprint density at radius 2 is 1.86 bits per heavy atom. The molecule has 2 fully saturated rings. The third-order valence-corrected chi connectivity index (χ3v) is 7.93. The van der Waals surface area contributed by atoms with Crippen LogP contribution in [-0.4, -0.2) is 49.3 Å². The molecule has 1 aromatic carbocycles. The predicted octanol–water partition coefficient (Wildman–Crippen LogP) is 4.55. The normalized spacial score (nSPS) is 22.4. The summed E-state index contributed by atoms with van der Waals surface area (Å²) >= 11 is 5.84. The van der Waals surface area contributed by atoms with Crippen LogP contribution < -0.4 is 15.0 Å². The van der Waals surface area contributed by atoms with Crippen LogP contribution in [0.5, 0.6) is 5.75 Å². The smallest absolute Gasteiger partial charge is 0.267 e. The molecule has 0 radical (unpaired) electrons. The molecule has 2 aromatic rings. The summed E-state index contributed by atoms with van der Waals surface area (Å²) in [5.41, 5.74) is -1.74. The van der Waals surface area contributed by atoms with E-state index in [0.29, 0.717) is 12.8 Å². The fourth-order valence-electron chi connectivity index (χ4n) is 4.88. The number of halogens is 3. The van der Waals surface area contributed by atoms with Crippen molar-refractivity contribution in [2.75, 3.05) is 11.2 Å². The van der Waals surface area contributed by atoms with E-state index < -0.39 is 21.9 Å². The summed E-state index contributed by atoms with van der Waals surface area (Å²) in [4.78, 5) is 19.8. The lowest BCUT2D eigenvalue weighted by Gasteiger charge is -2.41. The number of ether oxygens (including phenoxy) is 1. The zero-order valence-corrected chi connectivity index (χ0v) is 21.2. The number of carbonyl (C=O) groups excluding carboxylic acids is 1. The number of carbonyl (C=O) groups is 1. The molecule has 2 atom stereocenters. The van der Waals surface area contributed by atoms with Crippen molar-refractivity contribution in [1.29, 1.82) is 0 Å². The molecule has 1 aromatic heterocycles. The van der Waals surface area contributed by atoms with Crippen molar-refractivity contribution in [2.45, 2.75) is 74.6 Å². The van der Waals surface area contributed by atoms with Crippen LogP contribution in [0.2, 0.25) is 5.02 Å². The van der Waals surface area contributed by atoms with Gasteiger partial charge in [-0.25, -0.2) is 22.2 Å². The minimum atomic E-state index is -3.32. The van der Waals surface area contributed by atoms with Crippen LogP contribution in [0.4, 0.5) is 14.6 Å². The van der Waals surface area contributed by atoms with Gasteiger partial charge in [-0.2, -0.15) is 0 Å². The molecule has 2 saturated heterocycles. The van der Waals surface area contributed by atoms with E-state index in [0.717, 1.165) is 31.0 Å². The number of hydrogen-bond donors (Lipinski definition) is 1. The lowest BCUT2D eigenvalue weighted by atomic mass is 9.96. The molecule has 0 spiro atoms. The fourth-order valence-corrected chi connectivity index (χ4v) is 5.62. The average molecular weight is 528 g/mol. The summed E-state index contributed by atoms with van der Waals surface area (Å²) in [6.07, 6.45) is 3.00. The van der Waals surface area contributed by atoms with Gasteiger partial charge in [0.25, 0.3) is 12.3 Å². The second-order valence-electron chi connectivity index (χ2n) is 9.65. The number of amides is 1. The number of hydrogen-bond acceptors (Lipinski definition) is 6. The van der Waals surface area contributed by atoms with E-state index >= 15 is 0 Å². The number of pyridine rings is 1. The van der Waals surface area contributed by atoms with Gasteiger partial charge < -0.3 is 15.0 Å². The predicted molar refractivity (Wildman–Crippen MR) is 129 cm³/mol. The first-order valence-corrected chi connectivity index (χ1v) is 13.6. The second kappa shape index (κ2) is 9.54. The molecule has 2 aliphatic heterocycles. The Morgan fingerprint density at radius 3 is 2.40 bits per heavy atom. The summed E-state index contributed by atoms with van der Waals surface area (Å²) in [5, 5.41) is 3.20. The van der Waals surface area contributed by atoms with Gasteiger partial charge >= 0.3 is 0 Å². The summed E-state index contributed by atoms with van der Waals surface area (Å²) in [6.45, 7) is 3.09. The van der Waals surface area contributed by atoms with E-state index in [1.54, 1.807) is 26.0 Å². The maximum atomic E-state index is 13.4. The molecule has 35 heavy (non-hydrogen) atoms.